The van der Waals surface area contributed by atoms with Crippen molar-refractivity contribution in [1.82, 2.24) is 16.0 Å². The highest BCUT2D eigenvalue weighted by atomic mass is 16.2. The minimum absolute atomic E-state index is 0.228. The van der Waals surface area contributed by atoms with Gasteiger partial charge in [0.1, 0.15) is 18.1 Å². The normalized spacial score (nSPS) is 21.7. The molecular weight excluding hydrogens is 396 g/mol. The molecule has 8 nitrogen and oxygen atoms in total. The summed E-state index contributed by atoms with van der Waals surface area (Å²) in [5.74, 6) is -2.05. The number of primary amides is 1. The summed E-state index contributed by atoms with van der Waals surface area (Å²) < 4.78 is 0. The van der Waals surface area contributed by atoms with E-state index >= 15 is 0 Å². The predicted octanol–water partition coefficient (Wildman–Crippen LogP) is 0.432. The van der Waals surface area contributed by atoms with E-state index in [2.05, 4.69) is 16.0 Å². The minimum Gasteiger partial charge on any atom is -0.368 e. The molecule has 2 bridgehead atoms. The lowest BCUT2D eigenvalue weighted by atomic mass is 9.92. The van der Waals surface area contributed by atoms with Gasteiger partial charge in [0.05, 0.1) is 0 Å². The van der Waals surface area contributed by atoms with Crippen molar-refractivity contribution < 1.29 is 19.2 Å². The molecule has 2 aromatic rings. The van der Waals surface area contributed by atoms with Crippen LogP contribution in [0, 0.1) is 0 Å². The van der Waals surface area contributed by atoms with E-state index in [1.54, 1.807) is 0 Å². The molecular formula is C23H26N4O4. The number of hydrogen-bond acceptors (Lipinski definition) is 4. The van der Waals surface area contributed by atoms with Crippen LogP contribution in [0.2, 0.25) is 0 Å². The zero-order valence-corrected chi connectivity index (χ0v) is 17.5. The quantitative estimate of drug-likeness (QED) is 0.559. The molecule has 5 N–H and O–H groups in total. The number of carbonyl (C=O) groups excluding carboxylic acids is 4. The van der Waals surface area contributed by atoms with Crippen LogP contribution >= 0.6 is 0 Å². The van der Waals surface area contributed by atoms with Gasteiger partial charge in [-0.2, -0.15) is 0 Å². The molecule has 0 unspecified atom stereocenters. The molecule has 0 fully saturated rings. The highest BCUT2D eigenvalue weighted by Gasteiger charge is 2.27. The monoisotopic (exact) mass is 422 g/mol. The van der Waals surface area contributed by atoms with Gasteiger partial charge in [-0.25, -0.2) is 0 Å². The number of amides is 4. The molecule has 1 aliphatic rings. The van der Waals surface area contributed by atoms with Crippen molar-refractivity contribution in [1.29, 1.82) is 0 Å². The standard InChI is InChI=1S/C23H26N4O4/c1-13-22(30)27-19(21(24)29)11-15-6-5-8-16(10-15)18-9-4-3-7-17(18)12-20(23(31)25-13)26-14(2)28/h3-10,13,19-20H,11-12H2,1-2H3,(H2,24,29)(H,25,31)(H,26,28)(H,27,30)/t13-,19-,20-/m0/s1. The summed E-state index contributed by atoms with van der Waals surface area (Å²) in [6.07, 6.45) is 0.482. The van der Waals surface area contributed by atoms with Gasteiger partial charge in [0.15, 0.2) is 0 Å². The Morgan fingerprint density at radius 1 is 1.00 bits per heavy atom. The fraction of sp³-hybridized carbons (Fsp3) is 0.304. The molecule has 2 aromatic carbocycles. The lowest BCUT2D eigenvalue weighted by molar-refractivity contribution is -0.132. The first kappa shape index (κ1) is 22.0. The Morgan fingerprint density at radius 2 is 1.74 bits per heavy atom. The van der Waals surface area contributed by atoms with E-state index < -0.39 is 35.8 Å². The maximum absolute atomic E-state index is 12.9. The Balaban J connectivity index is 2.10. The Morgan fingerprint density at radius 3 is 2.45 bits per heavy atom. The maximum atomic E-state index is 12.9. The van der Waals surface area contributed by atoms with Gasteiger partial charge in [-0.15, -0.1) is 0 Å². The summed E-state index contributed by atoms with van der Waals surface area (Å²) in [5.41, 5.74) is 9.03. The number of hydrogen-bond donors (Lipinski definition) is 4. The molecule has 1 aliphatic heterocycles. The Kier molecular flexibility index (Phi) is 6.69. The smallest absolute Gasteiger partial charge is 0.243 e. The Labute approximate surface area is 180 Å². The molecule has 0 spiro atoms. The van der Waals surface area contributed by atoms with Gasteiger partial charge in [-0.05, 0) is 29.2 Å². The van der Waals surface area contributed by atoms with E-state index in [4.69, 9.17) is 5.73 Å². The molecule has 0 saturated carbocycles. The highest BCUT2D eigenvalue weighted by molar-refractivity contribution is 5.94. The Hall–Kier alpha value is -3.68. The van der Waals surface area contributed by atoms with Crippen molar-refractivity contribution in [2.45, 2.75) is 44.8 Å². The molecule has 31 heavy (non-hydrogen) atoms. The first-order chi connectivity index (χ1) is 14.7. The lowest BCUT2D eigenvalue weighted by Crippen LogP contribution is -2.56. The third-order valence-electron chi connectivity index (χ3n) is 5.23. The zero-order valence-electron chi connectivity index (χ0n) is 17.5. The molecule has 3 rings (SSSR count). The molecule has 4 amide bonds. The van der Waals surface area contributed by atoms with Gasteiger partial charge < -0.3 is 21.7 Å². The molecule has 8 heteroatoms. The summed E-state index contributed by atoms with van der Waals surface area (Å²) in [6, 6.07) is 12.5. The number of rotatable bonds is 2. The summed E-state index contributed by atoms with van der Waals surface area (Å²) in [6.45, 7) is 2.85. The average Bonchev–Trinajstić information content (AvgIpc) is 2.72. The number of benzene rings is 2. The summed E-state index contributed by atoms with van der Waals surface area (Å²) in [5, 5.41) is 7.89. The van der Waals surface area contributed by atoms with Crippen molar-refractivity contribution >= 4 is 23.6 Å². The van der Waals surface area contributed by atoms with Crippen LogP contribution in [-0.4, -0.2) is 41.8 Å². The van der Waals surface area contributed by atoms with Crippen LogP contribution in [0.1, 0.15) is 25.0 Å². The van der Waals surface area contributed by atoms with Crippen LogP contribution in [0.15, 0.2) is 48.5 Å². The lowest BCUT2D eigenvalue weighted by Gasteiger charge is -2.24. The fourth-order valence-electron chi connectivity index (χ4n) is 3.66. The van der Waals surface area contributed by atoms with Crippen LogP contribution < -0.4 is 21.7 Å². The van der Waals surface area contributed by atoms with Crippen LogP contribution in [0.4, 0.5) is 0 Å². The molecule has 162 valence electrons. The maximum Gasteiger partial charge on any atom is 0.243 e. The van der Waals surface area contributed by atoms with E-state index in [1.807, 2.05) is 48.5 Å². The van der Waals surface area contributed by atoms with E-state index in [0.29, 0.717) is 0 Å². The van der Waals surface area contributed by atoms with Gasteiger partial charge in [0.2, 0.25) is 23.6 Å². The van der Waals surface area contributed by atoms with Gasteiger partial charge in [-0.3, -0.25) is 19.2 Å². The zero-order chi connectivity index (χ0) is 22.5. The van der Waals surface area contributed by atoms with Crippen LogP contribution in [-0.2, 0) is 32.0 Å². The van der Waals surface area contributed by atoms with Crippen molar-refractivity contribution in [3.8, 4) is 11.1 Å². The SMILES string of the molecule is CC(=O)N[C@H]1Cc2ccccc2-c2cccc(c2)C[C@@H](C(N)=O)NC(=O)[C@H](C)NC1=O. The number of carbonyl (C=O) groups is 4. The molecule has 0 aromatic heterocycles. The van der Waals surface area contributed by atoms with E-state index in [1.165, 1.54) is 13.8 Å². The second-order valence-electron chi connectivity index (χ2n) is 7.71. The third kappa shape index (κ3) is 5.48. The topological polar surface area (TPSA) is 130 Å². The molecule has 3 atom stereocenters. The summed E-state index contributed by atoms with van der Waals surface area (Å²) >= 11 is 0. The van der Waals surface area contributed by atoms with E-state index in [-0.39, 0.29) is 18.7 Å². The van der Waals surface area contributed by atoms with Gasteiger partial charge >= 0.3 is 0 Å². The second-order valence-corrected chi connectivity index (χ2v) is 7.71. The molecule has 0 radical (unpaired) electrons. The van der Waals surface area contributed by atoms with Crippen molar-refractivity contribution in [2.75, 3.05) is 0 Å². The third-order valence-corrected chi connectivity index (χ3v) is 5.23. The second kappa shape index (κ2) is 9.42. The highest BCUT2D eigenvalue weighted by Crippen LogP contribution is 2.26. The van der Waals surface area contributed by atoms with Crippen LogP contribution in [0.25, 0.3) is 11.1 Å². The van der Waals surface area contributed by atoms with Gasteiger partial charge in [0, 0.05) is 19.8 Å². The van der Waals surface area contributed by atoms with Gasteiger partial charge in [-0.1, -0.05) is 48.5 Å². The fourth-order valence-corrected chi connectivity index (χ4v) is 3.66. The minimum atomic E-state index is -0.925. The Bertz CT molecular complexity index is 1020. The number of fused-ring (bicyclic) bond motifs is 4. The number of nitrogens with two attached hydrogens (primary N) is 1. The summed E-state index contributed by atoms with van der Waals surface area (Å²) in [7, 11) is 0. The van der Waals surface area contributed by atoms with E-state index in [9.17, 15) is 19.2 Å². The van der Waals surface area contributed by atoms with E-state index in [0.717, 1.165) is 22.3 Å². The van der Waals surface area contributed by atoms with Gasteiger partial charge in [0.25, 0.3) is 0 Å². The largest absolute Gasteiger partial charge is 0.368 e. The summed E-state index contributed by atoms with van der Waals surface area (Å²) in [4.78, 5) is 49.1. The van der Waals surface area contributed by atoms with Crippen LogP contribution in [0.3, 0.4) is 0 Å². The first-order valence-corrected chi connectivity index (χ1v) is 10.1. The molecule has 0 aliphatic carbocycles. The predicted molar refractivity (Wildman–Crippen MR) is 116 cm³/mol. The first-order valence-electron chi connectivity index (χ1n) is 10.1. The number of nitrogens with one attached hydrogen (secondary N) is 3. The van der Waals surface area contributed by atoms with Crippen LogP contribution in [0.5, 0.6) is 0 Å². The molecule has 0 saturated heterocycles. The van der Waals surface area contributed by atoms with Crippen molar-refractivity contribution in [3.05, 3.63) is 59.7 Å². The molecule has 1 heterocycles. The van der Waals surface area contributed by atoms with Crippen molar-refractivity contribution in [3.63, 3.8) is 0 Å². The average molecular weight is 422 g/mol. The van der Waals surface area contributed by atoms with Crippen molar-refractivity contribution in [2.24, 2.45) is 5.73 Å².